The minimum Gasteiger partial charge on any atom is -0.369 e. The predicted molar refractivity (Wildman–Crippen MR) is 81.3 cm³/mol. The molecule has 1 aliphatic rings. The van der Waals surface area contributed by atoms with E-state index in [2.05, 4.69) is 39.2 Å². The Kier molecular flexibility index (Phi) is 3.46. The van der Waals surface area contributed by atoms with Crippen LogP contribution in [0.15, 0.2) is 35.6 Å². The van der Waals surface area contributed by atoms with Gasteiger partial charge in [0.2, 0.25) is 0 Å². The number of benzene rings is 1. The monoisotopic (exact) mass is 266 g/mol. The fourth-order valence-corrected chi connectivity index (χ4v) is 2.57. The molecular formula is C16H18N4. The molecule has 0 unspecified atom stereocenters. The Balaban J connectivity index is 2.13. The Bertz CT molecular complexity index is 647. The van der Waals surface area contributed by atoms with Crippen LogP contribution in [-0.4, -0.2) is 35.3 Å². The van der Waals surface area contributed by atoms with Crippen molar-refractivity contribution in [2.45, 2.75) is 19.3 Å². The summed E-state index contributed by atoms with van der Waals surface area (Å²) in [4.78, 5) is 15.3. The minimum absolute atomic E-state index is 0.792. The van der Waals surface area contributed by atoms with Crippen molar-refractivity contribution in [2.24, 2.45) is 4.99 Å². The molecule has 0 saturated heterocycles. The SMILES string of the molecule is CN(C)C=Nc1ncnc2c1CCCc1ccccc1-2. The van der Waals surface area contributed by atoms with E-state index in [1.807, 2.05) is 19.0 Å². The van der Waals surface area contributed by atoms with Crippen molar-refractivity contribution in [3.05, 3.63) is 41.7 Å². The van der Waals surface area contributed by atoms with Gasteiger partial charge < -0.3 is 4.90 Å². The Morgan fingerprint density at radius 1 is 1.15 bits per heavy atom. The van der Waals surface area contributed by atoms with Crippen LogP contribution < -0.4 is 0 Å². The van der Waals surface area contributed by atoms with Gasteiger partial charge in [0.05, 0.1) is 12.0 Å². The van der Waals surface area contributed by atoms with Crippen LogP contribution in [0.5, 0.6) is 0 Å². The van der Waals surface area contributed by atoms with Crippen LogP contribution in [0, 0.1) is 0 Å². The van der Waals surface area contributed by atoms with Gasteiger partial charge in [-0.25, -0.2) is 15.0 Å². The van der Waals surface area contributed by atoms with Crippen molar-refractivity contribution in [1.29, 1.82) is 0 Å². The minimum atomic E-state index is 0.792. The van der Waals surface area contributed by atoms with Crippen molar-refractivity contribution < 1.29 is 0 Å². The number of hydrogen-bond acceptors (Lipinski definition) is 3. The van der Waals surface area contributed by atoms with Gasteiger partial charge in [0.1, 0.15) is 6.33 Å². The van der Waals surface area contributed by atoms with Gasteiger partial charge >= 0.3 is 0 Å². The van der Waals surface area contributed by atoms with E-state index in [0.717, 1.165) is 36.3 Å². The zero-order valence-corrected chi connectivity index (χ0v) is 11.9. The van der Waals surface area contributed by atoms with Gasteiger partial charge in [-0.15, -0.1) is 0 Å². The van der Waals surface area contributed by atoms with Crippen LogP contribution in [0.3, 0.4) is 0 Å². The Morgan fingerprint density at radius 2 is 2.00 bits per heavy atom. The molecule has 2 aromatic rings. The summed E-state index contributed by atoms with van der Waals surface area (Å²) < 4.78 is 0. The lowest BCUT2D eigenvalue weighted by molar-refractivity contribution is 0.642. The average molecular weight is 266 g/mol. The van der Waals surface area contributed by atoms with Crippen molar-refractivity contribution in [3.8, 4) is 11.3 Å². The summed E-state index contributed by atoms with van der Waals surface area (Å²) in [6.07, 6.45) is 6.58. The van der Waals surface area contributed by atoms with E-state index in [-0.39, 0.29) is 0 Å². The summed E-state index contributed by atoms with van der Waals surface area (Å²) >= 11 is 0. The van der Waals surface area contributed by atoms with E-state index in [1.165, 1.54) is 11.1 Å². The molecule has 0 spiro atoms. The first-order valence-corrected chi connectivity index (χ1v) is 6.88. The van der Waals surface area contributed by atoms with Crippen LogP contribution in [0.1, 0.15) is 17.5 Å². The van der Waals surface area contributed by atoms with Crippen LogP contribution in [-0.2, 0) is 12.8 Å². The number of aromatic nitrogens is 2. The highest BCUT2D eigenvalue weighted by Gasteiger charge is 2.18. The van der Waals surface area contributed by atoms with Gasteiger partial charge in [-0.2, -0.15) is 0 Å². The lowest BCUT2D eigenvalue weighted by atomic mass is 10.0. The molecule has 0 N–H and O–H groups in total. The summed E-state index contributed by atoms with van der Waals surface area (Å²) in [6, 6.07) is 8.50. The third-order valence-electron chi connectivity index (χ3n) is 3.48. The Labute approximate surface area is 119 Å². The highest BCUT2D eigenvalue weighted by atomic mass is 15.1. The number of rotatable bonds is 2. The standard InChI is InChI=1S/C16H18N4/c1-20(2)11-19-16-14-9-5-7-12-6-3-4-8-13(12)15(14)17-10-18-16/h3-4,6,8,10-11H,5,7,9H2,1-2H3. The molecule has 1 heterocycles. The lowest BCUT2D eigenvalue weighted by Crippen LogP contribution is -2.07. The normalized spacial score (nSPS) is 13.7. The van der Waals surface area contributed by atoms with Gasteiger partial charge in [-0.1, -0.05) is 24.3 Å². The number of fused-ring (bicyclic) bond motifs is 3. The molecule has 0 fully saturated rings. The summed E-state index contributed by atoms with van der Waals surface area (Å²) in [6.45, 7) is 0. The van der Waals surface area contributed by atoms with Crippen molar-refractivity contribution in [3.63, 3.8) is 0 Å². The third kappa shape index (κ3) is 2.41. The maximum Gasteiger partial charge on any atom is 0.160 e. The molecular weight excluding hydrogens is 248 g/mol. The van der Waals surface area contributed by atoms with E-state index >= 15 is 0 Å². The zero-order chi connectivity index (χ0) is 13.9. The fraction of sp³-hybridized carbons (Fsp3) is 0.312. The van der Waals surface area contributed by atoms with E-state index in [4.69, 9.17) is 0 Å². The smallest absolute Gasteiger partial charge is 0.160 e. The molecule has 0 bridgehead atoms. The van der Waals surface area contributed by atoms with Crippen LogP contribution in [0.2, 0.25) is 0 Å². The molecule has 4 nitrogen and oxygen atoms in total. The van der Waals surface area contributed by atoms with E-state index in [0.29, 0.717) is 0 Å². The van der Waals surface area contributed by atoms with E-state index < -0.39 is 0 Å². The maximum atomic E-state index is 4.51. The molecule has 1 aliphatic carbocycles. The Morgan fingerprint density at radius 3 is 2.85 bits per heavy atom. The second-order valence-electron chi connectivity index (χ2n) is 5.24. The average Bonchev–Trinajstić information content (AvgIpc) is 2.65. The zero-order valence-electron chi connectivity index (χ0n) is 11.9. The van der Waals surface area contributed by atoms with Gasteiger partial charge in [0.15, 0.2) is 5.82 Å². The first-order valence-electron chi connectivity index (χ1n) is 6.88. The molecule has 0 radical (unpaired) electrons. The van der Waals surface area contributed by atoms with Crippen molar-refractivity contribution >= 4 is 12.2 Å². The van der Waals surface area contributed by atoms with Gasteiger partial charge in [0, 0.05) is 25.2 Å². The van der Waals surface area contributed by atoms with Crippen LogP contribution in [0.4, 0.5) is 5.82 Å². The number of aliphatic imine (C=N–C) groups is 1. The largest absolute Gasteiger partial charge is 0.369 e. The molecule has 20 heavy (non-hydrogen) atoms. The molecule has 3 rings (SSSR count). The molecule has 0 saturated carbocycles. The second-order valence-corrected chi connectivity index (χ2v) is 5.24. The molecule has 0 aliphatic heterocycles. The maximum absolute atomic E-state index is 4.51. The summed E-state index contributed by atoms with van der Waals surface area (Å²) in [5, 5.41) is 0. The summed E-state index contributed by atoms with van der Waals surface area (Å²) in [5.41, 5.74) is 4.80. The molecule has 0 atom stereocenters. The van der Waals surface area contributed by atoms with Crippen LogP contribution >= 0.6 is 0 Å². The third-order valence-corrected chi connectivity index (χ3v) is 3.48. The lowest BCUT2D eigenvalue weighted by Gasteiger charge is -2.09. The van der Waals surface area contributed by atoms with Gasteiger partial charge in [-0.05, 0) is 24.8 Å². The van der Waals surface area contributed by atoms with Crippen molar-refractivity contribution in [1.82, 2.24) is 14.9 Å². The van der Waals surface area contributed by atoms with Gasteiger partial charge in [-0.3, -0.25) is 0 Å². The number of hydrogen-bond donors (Lipinski definition) is 0. The fourth-order valence-electron chi connectivity index (χ4n) is 2.57. The molecule has 1 aromatic heterocycles. The predicted octanol–water partition coefficient (Wildman–Crippen LogP) is 2.85. The Hall–Kier alpha value is -2.23. The highest BCUT2D eigenvalue weighted by molar-refractivity contribution is 5.72. The van der Waals surface area contributed by atoms with E-state index in [9.17, 15) is 0 Å². The number of aryl methyl sites for hydroxylation is 1. The summed E-state index contributed by atoms with van der Waals surface area (Å²) in [5.74, 6) is 0.792. The topological polar surface area (TPSA) is 41.4 Å². The number of nitrogens with zero attached hydrogens (tertiary/aromatic N) is 4. The van der Waals surface area contributed by atoms with Crippen LogP contribution in [0.25, 0.3) is 11.3 Å². The second kappa shape index (κ2) is 5.41. The quantitative estimate of drug-likeness (QED) is 0.620. The molecule has 0 amide bonds. The first-order chi connectivity index (χ1) is 9.75. The summed E-state index contributed by atoms with van der Waals surface area (Å²) in [7, 11) is 3.91. The van der Waals surface area contributed by atoms with Crippen molar-refractivity contribution in [2.75, 3.05) is 14.1 Å². The molecule has 4 heteroatoms. The highest BCUT2D eigenvalue weighted by Crippen LogP contribution is 2.34. The molecule has 1 aromatic carbocycles. The molecule has 102 valence electrons. The van der Waals surface area contributed by atoms with Gasteiger partial charge in [0.25, 0.3) is 0 Å². The van der Waals surface area contributed by atoms with E-state index in [1.54, 1.807) is 12.7 Å². The first kappa shape index (κ1) is 12.8.